The van der Waals surface area contributed by atoms with Crippen LogP contribution in [0, 0.1) is 5.92 Å². The van der Waals surface area contributed by atoms with Crippen molar-refractivity contribution in [3.63, 3.8) is 0 Å². The van der Waals surface area contributed by atoms with E-state index in [4.69, 9.17) is 17.0 Å². The molecule has 0 saturated carbocycles. The normalized spacial score (nSPS) is 20.4. The number of anilines is 1. The highest BCUT2D eigenvalue weighted by Crippen LogP contribution is 2.18. The van der Waals surface area contributed by atoms with Crippen molar-refractivity contribution in [2.45, 2.75) is 6.42 Å². The van der Waals surface area contributed by atoms with Gasteiger partial charge >= 0.3 is 0 Å². The molecule has 7 heteroatoms. The van der Waals surface area contributed by atoms with Crippen LogP contribution < -0.4 is 15.4 Å². The third-order valence-corrected chi connectivity index (χ3v) is 5.29. The molecule has 1 fully saturated rings. The quantitative estimate of drug-likeness (QED) is 0.819. The van der Waals surface area contributed by atoms with Gasteiger partial charge < -0.3 is 15.4 Å². The van der Waals surface area contributed by atoms with E-state index in [1.54, 1.807) is 7.11 Å². The van der Waals surface area contributed by atoms with Crippen LogP contribution in [0.5, 0.6) is 5.75 Å². The summed E-state index contributed by atoms with van der Waals surface area (Å²) in [5.74, 6) is 1.43. The summed E-state index contributed by atoms with van der Waals surface area (Å²) in [6.07, 6.45) is 0.705. The average molecular weight is 314 g/mol. The van der Waals surface area contributed by atoms with Gasteiger partial charge in [0.05, 0.1) is 18.6 Å². The van der Waals surface area contributed by atoms with Gasteiger partial charge in [-0.2, -0.15) is 0 Å². The zero-order valence-corrected chi connectivity index (χ0v) is 12.9. The monoisotopic (exact) mass is 314 g/mol. The minimum Gasteiger partial charge on any atom is -0.497 e. The van der Waals surface area contributed by atoms with Crippen molar-refractivity contribution in [3.8, 4) is 5.75 Å². The van der Waals surface area contributed by atoms with E-state index in [0.29, 0.717) is 18.1 Å². The Morgan fingerprint density at radius 3 is 2.95 bits per heavy atom. The second kappa shape index (κ2) is 6.41. The largest absolute Gasteiger partial charge is 0.497 e. The number of sulfone groups is 1. The topological polar surface area (TPSA) is 67.4 Å². The van der Waals surface area contributed by atoms with E-state index in [1.807, 2.05) is 24.3 Å². The summed E-state index contributed by atoms with van der Waals surface area (Å²) in [5, 5.41) is 6.60. The highest BCUT2D eigenvalue weighted by molar-refractivity contribution is 7.91. The standard InChI is InChI=1S/C13H18N2O3S2/c1-18-12-4-2-3-11(7-12)15-13(19)14-8-10-5-6-20(16,17)9-10/h2-4,7,10H,5-6,8-9H2,1H3,(H2,14,15,19). The molecule has 0 radical (unpaired) electrons. The number of hydrogen-bond donors (Lipinski definition) is 2. The summed E-state index contributed by atoms with van der Waals surface area (Å²) >= 11 is 5.19. The second-order valence-corrected chi connectivity index (χ2v) is 7.47. The molecule has 0 aliphatic carbocycles. The number of thiocarbonyl (C=S) groups is 1. The molecular weight excluding hydrogens is 296 g/mol. The van der Waals surface area contributed by atoms with Crippen molar-refractivity contribution < 1.29 is 13.2 Å². The molecule has 0 bridgehead atoms. The molecule has 5 nitrogen and oxygen atoms in total. The fourth-order valence-corrected chi connectivity index (χ4v) is 4.21. The van der Waals surface area contributed by atoms with Gasteiger partial charge in [0.2, 0.25) is 0 Å². The molecule has 1 saturated heterocycles. The van der Waals surface area contributed by atoms with Gasteiger partial charge in [-0.1, -0.05) is 6.07 Å². The van der Waals surface area contributed by atoms with Gasteiger partial charge in [-0.15, -0.1) is 0 Å². The van der Waals surface area contributed by atoms with Crippen LogP contribution in [0.2, 0.25) is 0 Å². The Labute approximate surface area is 124 Å². The Morgan fingerprint density at radius 1 is 1.50 bits per heavy atom. The molecule has 0 spiro atoms. The summed E-state index contributed by atoms with van der Waals surface area (Å²) in [6, 6.07) is 7.45. The van der Waals surface area contributed by atoms with Crippen LogP contribution >= 0.6 is 12.2 Å². The molecule has 0 amide bonds. The number of benzene rings is 1. The van der Waals surface area contributed by atoms with E-state index < -0.39 is 9.84 Å². The average Bonchev–Trinajstić information content (AvgIpc) is 2.76. The van der Waals surface area contributed by atoms with Crippen molar-refractivity contribution in [2.75, 3.05) is 30.5 Å². The lowest BCUT2D eigenvalue weighted by Crippen LogP contribution is -2.33. The van der Waals surface area contributed by atoms with Gasteiger partial charge in [0.25, 0.3) is 0 Å². The minimum absolute atomic E-state index is 0.144. The first kappa shape index (κ1) is 15.1. The Bertz CT molecular complexity index is 587. The van der Waals surface area contributed by atoms with Gasteiger partial charge in [-0.3, -0.25) is 0 Å². The molecule has 20 heavy (non-hydrogen) atoms. The number of methoxy groups -OCH3 is 1. The smallest absolute Gasteiger partial charge is 0.170 e. The van der Waals surface area contributed by atoms with Crippen molar-refractivity contribution in [2.24, 2.45) is 5.92 Å². The molecule has 2 rings (SSSR count). The molecule has 1 atom stereocenters. The van der Waals surface area contributed by atoms with Gasteiger partial charge in [0.1, 0.15) is 5.75 Å². The summed E-state index contributed by atoms with van der Waals surface area (Å²) in [6.45, 7) is 0.578. The highest BCUT2D eigenvalue weighted by atomic mass is 32.2. The first-order chi connectivity index (χ1) is 9.48. The molecule has 1 aromatic rings. The Balaban J connectivity index is 1.81. The molecular formula is C13H18N2O3S2. The predicted molar refractivity (Wildman–Crippen MR) is 84.0 cm³/mol. The van der Waals surface area contributed by atoms with Crippen molar-refractivity contribution in [3.05, 3.63) is 24.3 Å². The third-order valence-electron chi connectivity index (χ3n) is 3.21. The molecule has 110 valence electrons. The van der Waals surface area contributed by atoms with Crippen LogP contribution in [-0.2, 0) is 9.84 Å². The van der Waals surface area contributed by atoms with Crippen LogP contribution in [0.25, 0.3) is 0 Å². The maximum Gasteiger partial charge on any atom is 0.170 e. The Morgan fingerprint density at radius 2 is 2.30 bits per heavy atom. The molecule has 1 aliphatic heterocycles. The number of nitrogens with one attached hydrogen (secondary N) is 2. The highest BCUT2D eigenvalue weighted by Gasteiger charge is 2.27. The maximum atomic E-state index is 11.4. The summed E-state index contributed by atoms with van der Waals surface area (Å²) in [4.78, 5) is 0. The minimum atomic E-state index is -2.83. The summed E-state index contributed by atoms with van der Waals surface area (Å²) in [7, 11) is -1.22. The van der Waals surface area contributed by atoms with E-state index in [2.05, 4.69) is 10.6 Å². The van der Waals surface area contributed by atoms with E-state index in [-0.39, 0.29) is 17.4 Å². The predicted octanol–water partition coefficient (Wildman–Crippen LogP) is 1.42. The number of hydrogen-bond acceptors (Lipinski definition) is 4. The lowest BCUT2D eigenvalue weighted by atomic mass is 10.1. The molecule has 2 N–H and O–H groups in total. The third kappa shape index (κ3) is 4.35. The SMILES string of the molecule is COc1cccc(NC(=S)NCC2CCS(=O)(=O)C2)c1. The molecule has 1 unspecified atom stereocenters. The van der Waals surface area contributed by atoms with Crippen LogP contribution in [0.4, 0.5) is 5.69 Å². The molecule has 1 aromatic carbocycles. The number of rotatable bonds is 4. The summed E-state index contributed by atoms with van der Waals surface area (Å²) in [5.41, 5.74) is 0.834. The number of ether oxygens (including phenoxy) is 1. The molecule has 1 heterocycles. The fourth-order valence-electron chi connectivity index (χ4n) is 2.15. The fraction of sp³-hybridized carbons (Fsp3) is 0.462. The Hall–Kier alpha value is -1.34. The summed E-state index contributed by atoms with van der Waals surface area (Å²) < 4.78 is 27.8. The first-order valence-electron chi connectivity index (χ1n) is 6.38. The first-order valence-corrected chi connectivity index (χ1v) is 8.61. The Kier molecular flexibility index (Phi) is 4.82. The van der Waals surface area contributed by atoms with E-state index in [9.17, 15) is 8.42 Å². The molecule has 0 aromatic heterocycles. The molecule has 1 aliphatic rings. The van der Waals surface area contributed by atoms with Gasteiger partial charge in [0, 0.05) is 18.3 Å². The van der Waals surface area contributed by atoms with Crippen molar-refractivity contribution >= 4 is 32.9 Å². The van der Waals surface area contributed by atoms with Crippen molar-refractivity contribution in [1.29, 1.82) is 0 Å². The van der Waals surface area contributed by atoms with E-state index >= 15 is 0 Å². The zero-order valence-electron chi connectivity index (χ0n) is 11.3. The van der Waals surface area contributed by atoms with Gasteiger partial charge in [-0.05, 0) is 36.7 Å². The maximum absolute atomic E-state index is 11.4. The van der Waals surface area contributed by atoms with Gasteiger partial charge in [-0.25, -0.2) is 8.42 Å². The van der Waals surface area contributed by atoms with Crippen LogP contribution in [0.15, 0.2) is 24.3 Å². The van der Waals surface area contributed by atoms with Crippen LogP contribution in [0.1, 0.15) is 6.42 Å². The lowest BCUT2D eigenvalue weighted by Gasteiger charge is -2.13. The van der Waals surface area contributed by atoms with Crippen molar-refractivity contribution in [1.82, 2.24) is 5.32 Å². The van der Waals surface area contributed by atoms with Crippen LogP contribution in [0.3, 0.4) is 0 Å². The zero-order chi connectivity index (χ0) is 14.6. The lowest BCUT2D eigenvalue weighted by molar-refractivity contribution is 0.415. The van der Waals surface area contributed by atoms with Crippen LogP contribution in [-0.4, -0.2) is 38.7 Å². The van der Waals surface area contributed by atoms with Gasteiger partial charge in [0.15, 0.2) is 14.9 Å². The second-order valence-electron chi connectivity index (χ2n) is 4.84. The van der Waals surface area contributed by atoms with E-state index in [0.717, 1.165) is 11.4 Å². The van der Waals surface area contributed by atoms with E-state index in [1.165, 1.54) is 0 Å².